The molecule has 1 aromatic heterocycles. The van der Waals surface area contributed by atoms with Gasteiger partial charge in [-0.2, -0.15) is 13.2 Å². The molecule has 0 aliphatic carbocycles. The van der Waals surface area contributed by atoms with Gasteiger partial charge >= 0.3 is 6.18 Å². The Kier molecular flexibility index (Phi) is 3.85. The molecular formula is C12H8BrF4N3. The number of halogens is 5. The van der Waals surface area contributed by atoms with Gasteiger partial charge in [0.1, 0.15) is 11.5 Å². The van der Waals surface area contributed by atoms with Gasteiger partial charge in [-0.25, -0.2) is 9.37 Å². The highest BCUT2D eigenvalue weighted by Crippen LogP contribution is 2.33. The molecule has 1 aromatic carbocycles. The molecule has 0 spiro atoms. The zero-order valence-electron chi connectivity index (χ0n) is 9.80. The SMILES string of the molecule is Nc1cnc(C(F)(F)F)cc1Nc1ccc(F)cc1Br. The Labute approximate surface area is 119 Å². The Morgan fingerprint density at radius 3 is 2.45 bits per heavy atom. The molecule has 0 radical (unpaired) electrons. The van der Waals surface area contributed by atoms with E-state index in [1.54, 1.807) is 0 Å². The van der Waals surface area contributed by atoms with Crippen molar-refractivity contribution in [2.75, 3.05) is 11.1 Å². The molecule has 20 heavy (non-hydrogen) atoms. The van der Waals surface area contributed by atoms with Gasteiger partial charge in [-0.3, -0.25) is 0 Å². The number of nitrogen functional groups attached to an aromatic ring is 1. The predicted molar refractivity (Wildman–Crippen MR) is 71.0 cm³/mol. The summed E-state index contributed by atoms with van der Waals surface area (Å²) >= 11 is 3.11. The van der Waals surface area contributed by atoms with Crippen LogP contribution in [0.25, 0.3) is 0 Å². The zero-order chi connectivity index (χ0) is 14.9. The first kappa shape index (κ1) is 14.6. The number of aromatic nitrogens is 1. The number of rotatable bonds is 2. The van der Waals surface area contributed by atoms with E-state index < -0.39 is 17.7 Å². The van der Waals surface area contributed by atoms with Crippen LogP contribution in [-0.4, -0.2) is 4.98 Å². The predicted octanol–water partition coefficient (Wildman–Crippen LogP) is 4.33. The number of nitrogens with zero attached hydrogens (tertiary/aromatic N) is 1. The number of alkyl halides is 3. The highest BCUT2D eigenvalue weighted by atomic mass is 79.9. The topological polar surface area (TPSA) is 50.9 Å². The lowest BCUT2D eigenvalue weighted by Crippen LogP contribution is -2.09. The molecule has 0 saturated heterocycles. The maximum atomic E-state index is 12.9. The van der Waals surface area contributed by atoms with E-state index in [9.17, 15) is 17.6 Å². The van der Waals surface area contributed by atoms with E-state index in [2.05, 4.69) is 26.2 Å². The van der Waals surface area contributed by atoms with Crippen molar-refractivity contribution < 1.29 is 17.6 Å². The molecule has 106 valence electrons. The van der Waals surface area contributed by atoms with Gasteiger partial charge in [0, 0.05) is 4.47 Å². The van der Waals surface area contributed by atoms with Crippen LogP contribution in [0.3, 0.4) is 0 Å². The van der Waals surface area contributed by atoms with Crippen molar-refractivity contribution in [2.24, 2.45) is 0 Å². The second-order valence-corrected chi connectivity index (χ2v) is 4.76. The van der Waals surface area contributed by atoms with E-state index in [-0.39, 0.29) is 11.4 Å². The van der Waals surface area contributed by atoms with Crippen molar-refractivity contribution in [3.63, 3.8) is 0 Å². The minimum Gasteiger partial charge on any atom is -0.396 e. The lowest BCUT2D eigenvalue weighted by atomic mass is 10.2. The normalized spacial score (nSPS) is 11.4. The minimum atomic E-state index is -4.57. The van der Waals surface area contributed by atoms with Gasteiger partial charge in [-0.15, -0.1) is 0 Å². The van der Waals surface area contributed by atoms with Crippen molar-refractivity contribution >= 4 is 33.0 Å². The fraction of sp³-hybridized carbons (Fsp3) is 0.0833. The Hall–Kier alpha value is -1.83. The number of benzene rings is 1. The number of nitrogens with one attached hydrogen (secondary N) is 1. The molecule has 0 aliphatic rings. The molecule has 3 N–H and O–H groups in total. The van der Waals surface area contributed by atoms with Crippen molar-refractivity contribution in [2.45, 2.75) is 6.18 Å². The highest BCUT2D eigenvalue weighted by molar-refractivity contribution is 9.10. The maximum absolute atomic E-state index is 12.9. The van der Waals surface area contributed by atoms with Crippen molar-refractivity contribution in [1.29, 1.82) is 0 Å². The monoisotopic (exact) mass is 349 g/mol. The molecule has 0 unspecified atom stereocenters. The second kappa shape index (κ2) is 5.28. The molecule has 0 amide bonds. The van der Waals surface area contributed by atoms with Crippen LogP contribution < -0.4 is 11.1 Å². The quantitative estimate of drug-likeness (QED) is 0.793. The minimum absolute atomic E-state index is 0.0413. The van der Waals surface area contributed by atoms with Gasteiger partial charge in [-0.05, 0) is 40.2 Å². The van der Waals surface area contributed by atoms with Crippen LogP contribution in [0.5, 0.6) is 0 Å². The highest BCUT2D eigenvalue weighted by Gasteiger charge is 2.33. The van der Waals surface area contributed by atoms with E-state index in [0.29, 0.717) is 10.2 Å². The Balaban J connectivity index is 2.38. The van der Waals surface area contributed by atoms with Crippen molar-refractivity contribution in [3.05, 3.63) is 46.4 Å². The molecule has 1 heterocycles. The van der Waals surface area contributed by atoms with Gasteiger partial charge in [0.2, 0.25) is 0 Å². The molecule has 0 fully saturated rings. The van der Waals surface area contributed by atoms with E-state index in [1.165, 1.54) is 18.2 Å². The summed E-state index contributed by atoms with van der Waals surface area (Å²) in [6, 6.07) is 4.54. The van der Waals surface area contributed by atoms with Crippen LogP contribution in [0.15, 0.2) is 34.9 Å². The van der Waals surface area contributed by atoms with Gasteiger partial charge in [0.15, 0.2) is 0 Å². The molecule has 0 atom stereocenters. The Morgan fingerprint density at radius 1 is 1.15 bits per heavy atom. The first-order chi connectivity index (χ1) is 9.27. The maximum Gasteiger partial charge on any atom is 0.433 e. The summed E-state index contributed by atoms with van der Waals surface area (Å²) in [5, 5.41) is 2.70. The molecular weight excluding hydrogens is 342 g/mol. The number of pyridine rings is 1. The molecule has 0 saturated carbocycles. The number of nitrogens with two attached hydrogens (primary N) is 1. The molecule has 2 aromatic rings. The smallest absolute Gasteiger partial charge is 0.396 e. The van der Waals surface area contributed by atoms with Crippen LogP contribution in [0.2, 0.25) is 0 Å². The zero-order valence-corrected chi connectivity index (χ0v) is 11.4. The average Bonchev–Trinajstić information content (AvgIpc) is 2.33. The van der Waals surface area contributed by atoms with Crippen molar-refractivity contribution in [1.82, 2.24) is 4.98 Å². The number of hydrogen-bond acceptors (Lipinski definition) is 3. The number of anilines is 3. The van der Waals surface area contributed by atoms with Crippen LogP contribution in [-0.2, 0) is 6.18 Å². The van der Waals surface area contributed by atoms with Gasteiger partial charge in [-0.1, -0.05) is 0 Å². The standard InChI is InChI=1S/C12H8BrF4N3/c13-7-3-6(14)1-2-9(7)20-10-4-11(12(15,16)17)19-5-8(10)18/h1-5H,18H2,(H,19,20). The summed E-state index contributed by atoms with van der Waals surface area (Å²) in [6.45, 7) is 0. The van der Waals surface area contributed by atoms with Gasteiger partial charge in [0.05, 0.1) is 23.3 Å². The third-order valence-electron chi connectivity index (χ3n) is 2.43. The Morgan fingerprint density at radius 2 is 1.85 bits per heavy atom. The summed E-state index contributed by atoms with van der Waals surface area (Å²) in [5.74, 6) is -0.471. The van der Waals surface area contributed by atoms with Crippen molar-refractivity contribution in [3.8, 4) is 0 Å². The fourth-order valence-electron chi connectivity index (χ4n) is 1.47. The van der Waals surface area contributed by atoms with E-state index in [4.69, 9.17) is 5.73 Å². The van der Waals surface area contributed by atoms with Gasteiger partial charge in [0.25, 0.3) is 0 Å². The lowest BCUT2D eigenvalue weighted by molar-refractivity contribution is -0.141. The summed E-state index contributed by atoms with van der Waals surface area (Å²) in [5.41, 5.74) is 4.99. The molecule has 0 bridgehead atoms. The first-order valence-electron chi connectivity index (χ1n) is 5.32. The Bertz CT molecular complexity index is 643. The van der Waals surface area contributed by atoms with Crippen LogP contribution in [0.1, 0.15) is 5.69 Å². The lowest BCUT2D eigenvalue weighted by Gasteiger charge is -2.13. The summed E-state index contributed by atoms with van der Waals surface area (Å²) in [4.78, 5) is 3.23. The van der Waals surface area contributed by atoms with E-state index in [1.807, 2.05) is 0 Å². The second-order valence-electron chi connectivity index (χ2n) is 3.90. The first-order valence-corrected chi connectivity index (χ1v) is 6.11. The molecule has 8 heteroatoms. The average molecular weight is 350 g/mol. The largest absolute Gasteiger partial charge is 0.433 e. The number of hydrogen-bond donors (Lipinski definition) is 2. The van der Waals surface area contributed by atoms with Crippen LogP contribution in [0, 0.1) is 5.82 Å². The van der Waals surface area contributed by atoms with Crippen LogP contribution >= 0.6 is 15.9 Å². The van der Waals surface area contributed by atoms with Crippen LogP contribution in [0.4, 0.5) is 34.6 Å². The molecule has 2 rings (SSSR count). The third kappa shape index (κ3) is 3.19. The summed E-state index contributed by atoms with van der Waals surface area (Å²) in [6.07, 6.45) is -3.65. The molecule has 3 nitrogen and oxygen atoms in total. The van der Waals surface area contributed by atoms with E-state index >= 15 is 0 Å². The van der Waals surface area contributed by atoms with E-state index in [0.717, 1.165) is 12.3 Å². The fourth-order valence-corrected chi connectivity index (χ4v) is 1.92. The summed E-state index contributed by atoms with van der Waals surface area (Å²) in [7, 11) is 0. The molecule has 0 aliphatic heterocycles. The summed E-state index contributed by atoms with van der Waals surface area (Å²) < 4.78 is 51.0. The van der Waals surface area contributed by atoms with Gasteiger partial charge < -0.3 is 11.1 Å². The third-order valence-corrected chi connectivity index (χ3v) is 3.08.